The van der Waals surface area contributed by atoms with E-state index in [0.717, 1.165) is 38.4 Å². The van der Waals surface area contributed by atoms with Gasteiger partial charge in [-0.2, -0.15) is 0 Å². The summed E-state index contributed by atoms with van der Waals surface area (Å²) in [6.45, 7) is 12.6. The summed E-state index contributed by atoms with van der Waals surface area (Å²) >= 11 is 0. The molecule has 3 heteroatoms. The number of nitrogens with zero attached hydrogens (tertiary/aromatic N) is 1. The van der Waals surface area contributed by atoms with Gasteiger partial charge >= 0.3 is 0 Å². The first kappa shape index (κ1) is 15.3. The fourth-order valence-electron chi connectivity index (χ4n) is 2.98. The van der Waals surface area contributed by atoms with E-state index in [1.165, 1.54) is 11.1 Å². The van der Waals surface area contributed by atoms with E-state index < -0.39 is 0 Å². The fourth-order valence-corrected chi connectivity index (χ4v) is 2.98. The largest absolute Gasteiger partial charge is 0.492 e. The molecule has 0 radical (unpaired) electrons. The van der Waals surface area contributed by atoms with Gasteiger partial charge in [0.1, 0.15) is 12.4 Å². The van der Waals surface area contributed by atoms with E-state index >= 15 is 0 Å². The Bertz CT molecular complexity index is 436. The minimum Gasteiger partial charge on any atom is -0.492 e. The molecule has 0 aromatic heterocycles. The second-order valence-corrected chi connectivity index (χ2v) is 6.73. The first-order chi connectivity index (χ1) is 9.40. The maximum absolute atomic E-state index is 6.18. The van der Waals surface area contributed by atoms with Crippen LogP contribution in [0.4, 0.5) is 0 Å². The highest BCUT2D eigenvalue weighted by Crippen LogP contribution is 2.27. The summed E-state index contributed by atoms with van der Waals surface area (Å²) in [6.07, 6.45) is 1.08. The molecule has 1 fully saturated rings. The van der Waals surface area contributed by atoms with Gasteiger partial charge in [-0.15, -0.1) is 0 Å². The molecule has 1 unspecified atom stereocenters. The zero-order valence-corrected chi connectivity index (χ0v) is 13.3. The van der Waals surface area contributed by atoms with Crippen LogP contribution in [-0.4, -0.2) is 37.2 Å². The summed E-state index contributed by atoms with van der Waals surface area (Å²) in [5, 5.41) is 0. The van der Waals surface area contributed by atoms with Crippen molar-refractivity contribution in [1.29, 1.82) is 0 Å². The van der Waals surface area contributed by atoms with Gasteiger partial charge in [-0.1, -0.05) is 32.0 Å². The lowest BCUT2D eigenvalue weighted by atomic mass is 9.80. The highest BCUT2D eigenvalue weighted by atomic mass is 16.5. The van der Waals surface area contributed by atoms with Gasteiger partial charge in [-0.3, -0.25) is 4.90 Å². The van der Waals surface area contributed by atoms with E-state index in [1.54, 1.807) is 0 Å². The van der Waals surface area contributed by atoms with Gasteiger partial charge < -0.3 is 10.5 Å². The number of rotatable bonds is 4. The first-order valence-corrected chi connectivity index (χ1v) is 7.57. The van der Waals surface area contributed by atoms with Gasteiger partial charge in [-0.05, 0) is 43.4 Å². The third kappa shape index (κ3) is 3.53. The molecular formula is C17H28N2O. The van der Waals surface area contributed by atoms with Crippen LogP contribution in [0.25, 0.3) is 0 Å². The predicted octanol–water partition coefficient (Wildman–Crippen LogP) is 2.74. The van der Waals surface area contributed by atoms with Gasteiger partial charge in [0.25, 0.3) is 0 Å². The topological polar surface area (TPSA) is 38.5 Å². The molecule has 0 bridgehead atoms. The minimum absolute atomic E-state index is 0.205. The maximum atomic E-state index is 6.18. The van der Waals surface area contributed by atoms with E-state index in [4.69, 9.17) is 10.5 Å². The van der Waals surface area contributed by atoms with Gasteiger partial charge in [0.05, 0.1) is 0 Å². The van der Waals surface area contributed by atoms with Crippen LogP contribution in [0.3, 0.4) is 0 Å². The standard InChI is InChI=1S/C17H28N2O/c1-13-6-5-7-14(2)16(13)20-11-10-19-9-8-15(18)17(3,4)12-19/h5-7,15H,8-12,18H2,1-4H3. The average molecular weight is 276 g/mol. The Morgan fingerprint density at radius 1 is 1.30 bits per heavy atom. The second-order valence-electron chi connectivity index (χ2n) is 6.73. The van der Waals surface area contributed by atoms with Gasteiger partial charge in [0, 0.05) is 19.1 Å². The van der Waals surface area contributed by atoms with Gasteiger partial charge in [0.15, 0.2) is 0 Å². The lowest BCUT2D eigenvalue weighted by Crippen LogP contribution is -2.53. The molecule has 0 saturated carbocycles. The number of hydrogen-bond acceptors (Lipinski definition) is 3. The van der Waals surface area contributed by atoms with Crippen LogP contribution >= 0.6 is 0 Å². The second kappa shape index (κ2) is 6.15. The highest BCUT2D eigenvalue weighted by molar-refractivity contribution is 5.39. The van der Waals surface area contributed by atoms with E-state index in [1.807, 2.05) is 0 Å². The number of aryl methyl sites for hydroxylation is 2. The molecule has 112 valence electrons. The van der Waals surface area contributed by atoms with Crippen molar-refractivity contribution < 1.29 is 4.74 Å². The molecule has 1 aromatic carbocycles. The van der Waals surface area contributed by atoms with Crippen LogP contribution in [0.5, 0.6) is 5.75 Å². The SMILES string of the molecule is Cc1cccc(C)c1OCCN1CCC(N)C(C)(C)C1. The van der Waals surface area contributed by atoms with Crippen molar-refractivity contribution in [3.05, 3.63) is 29.3 Å². The first-order valence-electron chi connectivity index (χ1n) is 7.57. The fraction of sp³-hybridized carbons (Fsp3) is 0.647. The van der Waals surface area contributed by atoms with E-state index in [-0.39, 0.29) is 5.41 Å². The highest BCUT2D eigenvalue weighted by Gasteiger charge is 2.33. The molecule has 0 aliphatic carbocycles. The number of benzene rings is 1. The summed E-state index contributed by atoms with van der Waals surface area (Å²) in [5.41, 5.74) is 8.81. The molecule has 1 saturated heterocycles. The Kier molecular flexibility index (Phi) is 4.71. The van der Waals surface area contributed by atoms with Gasteiger partial charge in [-0.25, -0.2) is 0 Å². The predicted molar refractivity (Wildman–Crippen MR) is 84.2 cm³/mol. The Balaban J connectivity index is 1.85. The van der Waals surface area contributed by atoms with E-state index in [2.05, 4.69) is 50.8 Å². The van der Waals surface area contributed by atoms with Crippen molar-refractivity contribution in [2.45, 2.75) is 40.2 Å². The van der Waals surface area contributed by atoms with Crippen LogP contribution in [0.1, 0.15) is 31.4 Å². The van der Waals surface area contributed by atoms with E-state index in [0.29, 0.717) is 6.04 Å². The molecule has 1 aliphatic rings. The number of ether oxygens (including phenoxy) is 1. The molecule has 1 aliphatic heterocycles. The Morgan fingerprint density at radius 2 is 1.95 bits per heavy atom. The Morgan fingerprint density at radius 3 is 2.55 bits per heavy atom. The van der Waals surface area contributed by atoms with Crippen LogP contribution in [0.2, 0.25) is 0 Å². The molecule has 0 amide bonds. The summed E-state index contributed by atoms with van der Waals surface area (Å²) in [4.78, 5) is 2.47. The summed E-state index contributed by atoms with van der Waals surface area (Å²) in [7, 11) is 0. The molecule has 20 heavy (non-hydrogen) atoms. The quantitative estimate of drug-likeness (QED) is 0.919. The Labute approximate surface area is 123 Å². The monoisotopic (exact) mass is 276 g/mol. The maximum Gasteiger partial charge on any atom is 0.125 e. The third-order valence-corrected chi connectivity index (χ3v) is 4.45. The van der Waals surface area contributed by atoms with Crippen molar-refractivity contribution in [3.8, 4) is 5.75 Å². The van der Waals surface area contributed by atoms with E-state index in [9.17, 15) is 0 Å². The zero-order chi connectivity index (χ0) is 14.8. The summed E-state index contributed by atoms with van der Waals surface area (Å²) < 4.78 is 5.99. The van der Waals surface area contributed by atoms with Gasteiger partial charge in [0.2, 0.25) is 0 Å². The number of piperidine rings is 1. The number of likely N-dealkylation sites (tertiary alicyclic amines) is 1. The third-order valence-electron chi connectivity index (χ3n) is 4.45. The number of para-hydroxylation sites is 1. The average Bonchev–Trinajstić information content (AvgIpc) is 2.37. The van der Waals surface area contributed by atoms with Crippen molar-refractivity contribution in [2.75, 3.05) is 26.2 Å². The number of hydrogen-bond donors (Lipinski definition) is 1. The van der Waals surface area contributed by atoms with Crippen LogP contribution < -0.4 is 10.5 Å². The molecular weight excluding hydrogens is 248 g/mol. The molecule has 2 rings (SSSR count). The molecule has 2 N–H and O–H groups in total. The zero-order valence-electron chi connectivity index (χ0n) is 13.3. The summed E-state index contributed by atoms with van der Waals surface area (Å²) in [6, 6.07) is 6.60. The molecule has 0 spiro atoms. The van der Waals surface area contributed by atoms with Crippen LogP contribution in [0, 0.1) is 19.3 Å². The van der Waals surface area contributed by atoms with Crippen LogP contribution in [-0.2, 0) is 0 Å². The molecule has 1 heterocycles. The lowest BCUT2D eigenvalue weighted by Gasteiger charge is -2.42. The van der Waals surface area contributed by atoms with Crippen molar-refractivity contribution in [2.24, 2.45) is 11.1 Å². The summed E-state index contributed by atoms with van der Waals surface area (Å²) in [5.74, 6) is 1.04. The molecule has 3 nitrogen and oxygen atoms in total. The van der Waals surface area contributed by atoms with Crippen molar-refractivity contribution >= 4 is 0 Å². The molecule has 1 aromatic rings. The molecule has 1 atom stereocenters. The van der Waals surface area contributed by atoms with Crippen LogP contribution in [0.15, 0.2) is 18.2 Å². The van der Waals surface area contributed by atoms with Crippen molar-refractivity contribution in [3.63, 3.8) is 0 Å². The number of nitrogens with two attached hydrogens (primary N) is 1. The minimum atomic E-state index is 0.205. The van der Waals surface area contributed by atoms with Crippen molar-refractivity contribution in [1.82, 2.24) is 4.90 Å². The smallest absolute Gasteiger partial charge is 0.125 e. The lowest BCUT2D eigenvalue weighted by molar-refractivity contribution is 0.0829. The normalized spacial score (nSPS) is 22.8. The Hall–Kier alpha value is -1.06.